The molecule has 0 bridgehead atoms. The fourth-order valence-corrected chi connectivity index (χ4v) is 5.70. The monoisotopic (exact) mass is 636 g/mol. The van der Waals surface area contributed by atoms with Crippen molar-refractivity contribution in [1.82, 2.24) is 25.2 Å². The smallest absolute Gasteiger partial charge is 0.410 e. The molecule has 11 heteroatoms. The van der Waals surface area contributed by atoms with E-state index in [1.54, 1.807) is 29.4 Å². The molecule has 3 aromatic carbocycles. The molecule has 0 saturated carbocycles. The standard InChI is InChI=1S/C36H37FN6O4/c1-22-15-24(33-38-20-27(21-39-33)42-11-13-43(14-12-42)35(46)47-36(2,3)4)17-25(16-22)34(45)41-32(28-19-26(37)9-10-31(28)44)30-18-23-7-5-6-8-29(23)40-30/h5-10,15-21,32,40,44H,11-14H2,1-4H3,(H,41,45)/t32-/m1/s1. The van der Waals surface area contributed by atoms with Crippen molar-refractivity contribution >= 4 is 28.6 Å². The Balaban J connectivity index is 1.20. The van der Waals surface area contributed by atoms with Gasteiger partial charge < -0.3 is 29.9 Å². The van der Waals surface area contributed by atoms with Gasteiger partial charge in [-0.05, 0) is 87.2 Å². The van der Waals surface area contributed by atoms with Crippen LogP contribution in [0.1, 0.15) is 54.0 Å². The Morgan fingerprint density at radius 3 is 2.40 bits per heavy atom. The maximum absolute atomic E-state index is 14.4. The predicted octanol–water partition coefficient (Wildman–Crippen LogP) is 6.35. The summed E-state index contributed by atoms with van der Waals surface area (Å²) < 4.78 is 19.9. The van der Waals surface area contributed by atoms with Crippen LogP contribution in [0.3, 0.4) is 0 Å². The first kappa shape index (κ1) is 31.5. The number of amides is 2. The first-order valence-electron chi connectivity index (χ1n) is 15.5. The number of aromatic hydroxyl groups is 1. The fraction of sp³-hybridized carbons (Fsp3) is 0.278. The molecule has 2 aromatic heterocycles. The number of nitrogens with zero attached hydrogens (tertiary/aromatic N) is 4. The largest absolute Gasteiger partial charge is 0.508 e. The first-order valence-corrected chi connectivity index (χ1v) is 15.5. The number of hydrogen-bond acceptors (Lipinski definition) is 7. The summed E-state index contributed by atoms with van der Waals surface area (Å²) in [5.41, 5.74) is 3.81. The summed E-state index contributed by atoms with van der Waals surface area (Å²) in [6.45, 7) is 9.73. The zero-order valence-electron chi connectivity index (χ0n) is 26.8. The first-order chi connectivity index (χ1) is 22.4. The van der Waals surface area contributed by atoms with Crippen molar-refractivity contribution in [2.75, 3.05) is 31.1 Å². The molecule has 0 unspecified atom stereocenters. The number of aryl methyl sites for hydroxylation is 1. The SMILES string of the molecule is Cc1cc(C(=O)N[C@@H](c2cc3ccccc3[nH]2)c2cc(F)ccc2O)cc(-c2ncc(N3CCN(C(=O)OC(C)(C)C)CC3)cn2)c1. The summed E-state index contributed by atoms with van der Waals surface area (Å²) in [6, 6.07) is 17.7. The third kappa shape index (κ3) is 7.19. The highest BCUT2D eigenvalue weighted by molar-refractivity contribution is 5.96. The zero-order chi connectivity index (χ0) is 33.3. The molecule has 0 radical (unpaired) electrons. The van der Waals surface area contributed by atoms with Crippen molar-refractivity contribution in [2.24, 2.45) is 0 Å². The molecule has 2 amide bonds. The Bertz CT molecular complexity index is 1890. The Kier molecular flexibility index (Phi) is 8.55. The molecule has 1 atom stereocenters. The third-order valence-corrected chi connectivity index (χ3v) is 7.97. The van der Waals surface area contributed by atoms with E-state index in [4.69, 9.17) is 4.74 Å². The summed E-state index contributed by atoms with van der Waals surface area (Å²) in [7, 11) is 0. The van der Waals surface area contributed by atoms with E-state index >= 15 is 0 Å². The molecule has 47 heavy (non-hydrogen) atoms. The molecule has 1 fully saturated rings. The lowest BCUT2D eigenvalue weighted by atomic mass is 10.0. The minimum atomic E-state index is -0.860. The normalized spacial score (nSPS) is 14.2. The van der Waals surface area contributed by atoms with E-state index in [2.05, 4.69) is 25.2 Å². The topological polar surface area (TPSA) is 124 Å². The number of benzene rings is 3. The van der Waals surface area contributed by atoms with E-state index in [9.17, 15) is 19.1 Å². The van der Waals surface area contributed by atoms with Gasteiger partial charge in [0.05, 0.1) is 24.1 Å². The van der Waals surface area contributed by atoms with Gasteiger partial charge in [-0.2, -0.15) is 0 Å². The van der Waals surface area contributed by atoms with Crippen LogP contribution in [0.25, 0.3) is 22.3 Å². The number of fused-ring (bicyclic) bond motifs is 1. The van der Waals surface area contributed by atoms with Crippen LogP contribution in [-0.4, -0.2) is 68.7 Å². The number of rotatable bonds is 6. The van der Waals surface area contributed by atoms with Crippen LogP contribution in [0.2, 0.25) is 0 Å². The molecule has 1 saturated heterocycles. The molecule has 0 aliphatic carbocycles. The molecule has 1 aliphatic rings. The van der Waals surface area contributed by atoms with Gasteiger partial charge in [-0.1, -0.05) is 18.2 Å². The third-order valence-electron chi connectivity index (χ3n) is 7.97. The molecule has 242 valence electrons. The lowest BCUT2D eigenvalue weighted by Crippen LogP contribution is -2.50. The lowest BCUT2D eigenvalue weighted by Gasteiger charge is -2.36. The van der Waals surface area contributed by atoms with E-state index in [0.29, 0.717) is 48.8 Å². The van der Waals surface area contributed by atoms with Gasteiger partial charge in [0.25, 0.3) is 5.91 Å². The van der Waals surface area contributed by atoms with Crippen molar-refractivity contribution in [2.45, 2.75) is 39.3 Å². The van der Waals surface area contributed by atoms with Gasteiger partial charge in [-0.25, -0.2) is 19.2 Å². The van der Waals surface area contributed by atoms with Gasteiger partial charge in [0, 0.05) is 54.1 Å². The van der Waals surface area contributed by atoms with Crippen LogP contribution < -0.4 is 10.2 Å². The number of carbonyl (C=O) groups is 2. The van der Waals surface area contributed by atoms with Gasteiger partial charge in [-0.15, -0.1) is 0 Å². The van der Waals surface area contributed by atoms with Gasteiger partial charge in [0.15, 0.2) is 5.82 Å². The average Bonchev–Trinajstić information content (AvgIpc) is 3.48. The number of ether oxygens (including phenoxy) is 1. The van der Waals surface area contributed by atoms with Crippen molar-refractivity contribution < 1.29 is 23.8 Å². The Hall–Kier alpha value is -5.45. The number of piperazine rings is 1. The summed E-state index contributed by atoms with van der Waals surface area (Å²) in [6.07, 6.45) is 3.17. The number of aromatic amines is 1. The summed E-state index contributed by atoms with van der Waals surface area (Å²) >= 11 is 0. The molecule has 10 nitrogen and oxygen atoms in total. The summed E-state index contributed by atoms with van der Waals surface area (Å²) in [4.78, 5) is 42.5. The highest BCUT2D eigenvalue weighted by atomic mass is 19.1. The number of phenolic OH excluding ortho intramolecular Hbond substituents is 1. The molecular formula is C36H37FN6O4. The Morgan fingerprint density at radius 2 is 1.70 bits per heavy atom. The van der Waals surface area contributed by atoms with E-state index in [0.717, 1.165) is 22.2 Å². The van der Waals surface area contributed by atoms with E-state index in [1.165, 1.54) is 18.2 Å². The number of halogens is 1. The quantitative estimate of drug-likeness (QED) is 0.198. The zero-order valence-corrected chi connectivity index (χ0v) is 26.8. The second-order valence-electron chi connectivity index (χ2n) is 12.7. The average molecular weight is 637 g/mol. The van der Waals surface area contributed by atoms with E-state index in [-0.39, 0.29) is 17.4 Å². The van der Waals surface area contributed by atoms with Crippen LogP contribution in [0, 0.1) is 12.7 Å². The van der Waals surface area contributed by atoms with Crippen molar-refractivity contribution in [3.8, 4) is 17.1 Å². The molecule has 0 spiro atoms. The number of anilines is 1. The maximum Gasteiger partial charge on any atom is 0.410 e. The highest BCUT2D eigenvalue weighted by Crippen LogP contribution is 2.32. The summed E-state index contributed by atoms with van der Waals surface area (Å²) in [5.74, 6) is -0.632. The number of aromatic nitrogens is 3. The van der Waals surface area contributed by atoms with Crippen LogP contribution in [0.15, 0.2) is 79.1 Å². The molecule has 5 aromatic rings. The van der Waals surface area contributed by atoms with Gasteiger partial charge in [0.1, 0.15) is 17.2 Å². The van der Waals surface area contributed by atoms with Crippen LogP contribution >= 0.6 is 0 Å². The Morgan fingerprint density at radius 1 is 0.979 bits per heavy atom. The molecular weight excluding hydrogens is 599 g/mol. The molecule has 1 aliphatic heterocycles. The molecule has 3 heterocycles. The van der Waals surface area contributed by atoms with Crippen LogP contribution in [0.5, 0.6) is 5.75 Å². The minimum absolute atomic E-state index is 0.139. The number of nitrogens with one attached hydrogen (secondary N) is 2. The summed E-state index contributed by atoms with van der Waals surface area (Å²) in [5, 5.41) is 14.6. The number of phenols is 1. The van der Waals surface area contributed by atoms with E-state index in [1.807, 2.05) is 64.1 Å². The fourth-order valence-electron chi connectivity index (χ4n) is 5.70. The van der Waals surface area contributed by atoms with Crippen LogP contribution in [0.4, 0.5) is 14.9 Å². The van der Waals surface area contributed by atoms with Gasteiger partial charge in [0.2, 0.25) is 0 Å². The number of carbonyl (C=O) groups excluding carboxylic acids is 2. The van der Waals surface area contributed by atoms with E-state index < -0.39 is 23.4 Å². The highest BCUT2D eigenvalue weighted by Gasteiger charge is 2.27. The van der Waals surface area contributed by atoms with Crippen LogP contribution in [-0.2, 0) is 4.74 Å². The number of hydrogen-bond donors (Lipinski definition) is 3. The molecule has 6 rings (SSSR count). The second kappa shape index (κ2) is 12.7. The maximum atomic E-state index is 14.4. The van der Waals surface area contributed by atoms with Gasteiger partial charge >= 0.3 is 6.09 Å². The predicted molar refractivity (Wildman–Crippen MR) is 178 cm³/mol. The van der Waals surface area contributed by atoms with Crippen molar-refractivity contribution in [1.29, 1.82) is 0 Å². The lowest BCUT2D eigenvalue weighted by molar-refractivity contribution is 0.0240. The second-order valence-corrected chi connectivity index (χ2v) is 12.7. The number of H-pyrrole nitrogens is 1. The van der Waals surface area contributed by atoms with Gasteiger partial charge in [-0.3, -0.25) is 4.79 Å². The Labute approximate surface area is 272 Å². The number of para-hydroxylation sites is 1. The minimum Gasteiger partial charge on any atom is -0.508 e. The molecule has 3 N–H and O–H groups in total. The van der Waals surface area contributed by atoms with Crippen molar-refractivity contribution in [3.05, 3.63) is 107 Å². The van der Waals surface area contributed by atoms with Crippen molar-refractivity contribution in [3.63, 3.8) is 0 Å².